The number of nitrogens with two attached hydrogens (primary N) is 1. The summed E-state index contributed by atoms with van der Waals surface area (Å²) in [5, 5.41) is 0. The fraction of sp³-hybridized carbons (Fsp3) is 0.667. The topological polar surface area (TPSA) is 35.2 Å². The highest BCUT2D eigenvalue weighted by Crippen LogP contribution is 2.23. The van der Waals surface area contributed by atoms with Crippen molar-refractivity contribution in [2.45, 2.75) is 51.4 Å². The molecule has 1 fully saturated rings. The number of ether oxygens (including phenoxy) is 1. The Kier molecular flexibility index (Phi) is 4.18. The number of hydrogen-bond acceptors (Lipinski definition) is 3. The van der Waals surface area contributed by atoms with Gasteiger partial charge in [-0.1, -0.05) is 19.3 Å². The standard InChI is InChI=1S/C12H19NOS/c13-8-11-6-7-12(15-11)9-14-10-4-2-1-3-5-10/h6-7,10H,1-5,8-9,13H2. The summed E-state index contributed by atoms with van der Waals surface area (Å²) >= 11 is 1.77. The lowest BCUT2D eigenvalue weighted by Gasteiger charge is -2.21. The van der Waals surface area contributed by atoms with Gasteiger partial charge >= 0.3 is 0 Å². The van der Waals surface area contributed by atoms with Crippen molar-refractivity contribution in [1.29, 1.82) is 0 Å². The van der Waals surface area contributed by atoms with Crippen molar-refractivity contribution in [3.05, 3.63) is 21.9 Å². The largest absolute Gasteiger partial charge is 0.373 e. The maximum atomic E-state index is 5.90. The van der Waals surface area contributed by atoms with Crippen LogP contribution in [0.3, 0.4) is 0 Å². The molecule has 1 aliphatic carbocycles. The van der Waals surface area contributed by atoms with Crippen LogP contribution in [0.4, 0.5) is 0 Å². The van der Waals surface area contributed by atoms with Crippen LogP contribution >= 0.6 is 11.3 Å². The summed E-state index contributed by atoms with van der Waals surface area (Å²) in [6, 6.07) is 4.24. The predicted molar refractivity (Wildman–Crippen MR) is 63.9 cm³/mol. The van der Waals surface area contributed by atoms with E-state index in [2.05, 4.69) is 12.1 Å². The molecule has 0 radical (unpaired) electrons. The molecule has 1 heterocycles. The van der Waals surface area contributed by atoms with Crippen LogP contribution in [0.15, 0.2) is 12.1 Å². The fourth-order valence-corrected chi connectivity index (χ4v) is 2.86. The molecule has 3 heteroatoms. The average Bonchev–Trinajstić information content (AvgIpc) is 2.76. The minimum atomic E-state index is 0.502. The van der Waals surface area contributed by atoms with E-state index in [0.29, 0.717) is 12.6 Å². The van der Waals surface area contributed by atoms with Crippen molar-refractivity contribution in [2.24, 2.45) is 5.73 Å². The van der Waals surface area contributed by atoms with Crippen molar-refractivity contribution in [3.63, 3.8) is 0 Å². The molecule has 1 saturated carbocycles. The molecule has 84 valence electrons. The smallest absolute Gasteiger partial charge is 0.0813 e. The highest BCUT2D eigenvalue weighted by molar-refractivity contribution is 7.11. The van der Waals surface area contributed by atoms with Crippen LogP contribution < -0.4 is 5.73 Å². The van der Waals surface area contributed by atoms with E-state index in [4.69, 9.17) is 10.5 Å². The van der Waals surface area contributed by atoms with Crippen LogP contribution in [0.5, 0.6) is 0 Å². The summed E-state index contributed by atoms with van der Waals surface area (Å²) in [6.45, 7) is 1.42. The van der Waals surface area contributed by atoms with Crippen molar-refractivity contribution in [2.75, 3.05) is 0 Å². The Morgan fingerprint density at radius 2 is 1.93 bits per heavy atom. The lowest BCUT2D eigenvalue weighted by Crippen LogP contribution is -2.15. The molecule has 2 nitrogen and oxygen atoms in total. The lowest BCUT2D eigenvalue weighted by molar-refractivity contribution is 0.0182. The maximum absolute atomic E-state index is 5.90. The van der Waals surface area contributed by atoms with Crippen LogP contribution in [0.1, 0.15) is 41.9 Å². The molecule has 0 unspecified atom stereocenters. The van der Waals surface area contributed by atoms with Crippen LogP contribution in [-0.2, 0) is 17.9 Å². The third kappa shape index (κ3) is 3.30. The van der Waals surface area contributed by atoms with E-state index < -0.39 is 0 Å². The lowest BCUT2D eigenvalue weighted by atomic mass is 9.98. The van der Waals surface area contributed by atoms with Crippen LogP contribution in [0.25, 0.3) is 0 Å². The molecule has 0 bridgehead atoms. The zero-order chi connectivity index (χ0) is 10.5. The van der Waals surface area contributed by atoms with E-state index in [0.717, 1.165) is 6.61 Å². The van der Waals surface area contributed by atoms with E-state index in [1.54, 1.807) is 11.3 Å². The summed E-state index contributed by atoms with van der Waals surface area (Å²) in [6.07, 6.45) is 7.05. The fourth-order valence-electron chi connectivity index (χ4n) is 2.04. The van der Waals surface area contributed by atoms with Gasteiger partial charge in [-0.3, -0.25) is 0 Å². The summed E-state index contributed by atoms with van der Waals surface area (Å²) in [5.74, 6) is 0. The number of hydrogen-bond donors (Lipinski definition) is 1. The molecule has 0 aliphatic heterocycles. The van der Waals surface area contributed by atoms with Gasteiger partial charge in [-0.05, 0) is 25.0 Å². The highest BCUT2D eigenvalue weighted by atomic mass is 32.1. The third-order valence-corrected chi connectivity index (χ3v) is 4.01. The molecule has 2 N–H and O–H groups in total. The normalized spacial score (nSPS) is 18.2. The van der Waals surface area contributed by atoms with E-state index in [1.807, 2.05) is 0 Å². The third-order valence-electron chi connectivity index (χ3n) is 2.93. The molecular formula is C12H19NOS. The van der Waals surface area contributed by atoms with Crippen molar-refractivity contribution < 1.29 is 4.74 Å². The highest BCUT2D eigenvalue weighted by Gasteiger charge is 2.13. The van der Waals surface area contributed by atoms with Gasteiger partial charge in [0.15, 0.2) is 0 Å². The number of rotatable bonds is 4. The maximum Gasteiger partial charge on any atom is 0.0813 e. The molecular weight excluding hydrogens is 206 g/mol. The Bertz CT molecular complexity index is 292. The van der Waals surface area contributed by atoms with Gasteiger partial charge in [0.05, 0.1) is 12.7 Å². The van der Waals surface area contributed by atoms with E-state index >= 15 is 0 Å². The van der Waals surface area contributed by atoms with Crippen LogP contribution in [0.2, 0.25) is 0 Å². The Morgan fingerprint density at radius 3 is 2.60 bits per heavy atom. The van der Waals surface area contributed by atoms with E-state index in [9.17, 15) is 0 Å². The van der Waals surface area contributed by atoms with Gasteiger partial charge in [-0.15, -0.1) is 11.3 Å². The first kappa shape index (κ1) is 11.1. The van der Waals surface area contributed by atoms with Crippen molar-refractivity contribution >= 4 is 11.3 Å². The second kappa shape index (κ2) is 5.64. The molecule has 0 spiro atoms. The van der Waals surface area contributed by atoms with Gasteiger partial charge in [-0.25, -0.2) is 0 Å². The van der Waals surface area contributed by atoms with Crippen molar-refractivity contribution in [3.8, 4) is 0 Å². The molecule has 0 amide bonds. The summed E-state index contributed by atoms with van der Waals surface area (Å²) in [5.41, 5.74) is 5.57. The molecule has 0 atom stereocenters. The zero-order valence-electron chi connectivity index (χ0n) is 9.08. The van der Waals surface area contributed by atoms with Gasteiger partial charge in [0, 0.05) is 16.3 Å². The van der Waals surface area contributed by atoms with E-state index in [1.165, 1.54) is 41.9 Å². The van der Waals surface area contributed by atoms with Gasteiger partial charge in [0.2, 0.25) is 0 Å². The first-order valence-electron chi connectivity index (χ1n) is 5.78. The summed E-state index contributed by atoms with van der Waals surface area (Å²) in [7, 11) is 0. The molecule has 0 aromatic carbocycles. The second-order valence-electron chi connectivity index (χ2n) is 4.14. The van der Waals surface area contributed by atoms with Gasteiger partial charge in [-0.2, -0.15) is 0 Å². The quantitative estimate of drug-likeness (QED) is 0.854. The Morgan fingerprint density at radius 1 is 1.20 bits per heavy atom. The van der Waals surface area contributed by atoms with E-state index in [-0.39, 0.29) is 0 Å². The summed E-state index contributed by atoms with van der Waals surface area (Å²) in [4.78, 5) is 2.55. The average molecular weight is 225 g/mol. The Labute approximate surface area is 95.4 Å². The molecule has 2 rings (SSSR count). The summed E-state index contributed by atoms with van der Waals surface area (Å²) < 4.78 is 5.90. The zero-order valence-corrected chi connectivity index (χ0v) is 9.89. The molecule has 1 aliphatic rings. The molecule has 1 aromatic heterocycles. The van der Waals surface area contributed by atoms with Gasteiger partial charge in [0.25, 0.3) is 0 Å². The monoisotopic (exact) mass is 225 g/mol. The first-order chi connectivity index (χ1) is 7.38. The Balaban J connectivity index is 1.76. The molecule has 15 heavy (non-hydrogen) atoms. The first-order valence-corrected chi connectivity index (χ1v) is 6.59. The SMILES string of the molecule is NCc1ccc(COC2CCCCC2)s1. The van der Waals surface area contributed by atoms with Gasteiger partial charge in [0.1, 0.15) is 0 Å². The second-order valence-corrected chi connectivity index (χ2v) is 5.40. The predicted octanol–water partition coefficient (Wildman–Crippen LogP) is 3.06. The van der Waals surface area contributed by atoms with Crippen molar-refractivity contribution in [1.82, 2.24) is 0 Å². The number of thiophene rings is 1. The van der Waals surface area contributed by atoms with Crippen LogP contribution in [-0.4, -0.2) is 6.10 Å². The van der Waals surface area contributed by atoms with Gasteiger partial charge < -0.3 is 10.5 Å². The minimum absolute atomic E-state index is 0.502. The Hall–Kier alpha value is -0.380. The minimum Gasteiger partial charge on any atom is -0.373 e. The van der Waals surface area contributed by atoms with Crippen LogP contribution in [0, 0.1) is 0 Å². The molecule has 0 saturated heterocycles. The molecule has 1 aromatic rings.